The summed E-state index contributed by atoms with van der Waals surface area (Å²) in [4.78, 5) is 10.8. The van der Waals surface area contributed by atoms with Crippen LogP contribution in [0.1, 0.15) is 32.6 Å². The molecule has 0 aromatic rings. The Morgan fingerprint density at radius 1 is 1.23 bits per heavy atom. The van der Waals surface area contributed by atoms with Crippen molar-refractivity contribution in [1.82, 2.24) is 0 Å². The average molecular weight is 178 g/mol. The Kier molecular flexibility index (Phi) is 5.86. The minimum atomic E-state index is 0.126. The lowest BCUT2D eigenvalue weighted by Crippen LogP contribution is -1.92. The molecule has 72 valence electrons. The van der Waals surface area contributed by atoms with Crippen molar-refractivity contribution < 1.29 is 4.79 Å². The average Bonchev–Trinajstić information content (AvgIpc) is 2.11. The number of carbonyl (C=O) groups is 1. The number of rotatable bonds is 7. The van der Waals surface area contributed by atoms with Crippen LogP contribution in [0.15, 0.2) is 37.0 Å². The molecule has 1 nitrogen and oxygen atoms in total. The molecular formula is C12H18O. The summed E-state index contributed by atoms with van der Waals surface area (Å²) in [6, 6.07) is 0. The molecule has 0 amide bonds. The van der Waals surface area contributed by atoms with Gasteiger partial charge in [-0.05, 0) is 32.3 Å². The quantitative estimate of drug-likeness (QED) is 0.331. The highest BCUT2D eigenvalue weighted by molar-refractivity contribution is 5.88. The summed E-state index contributed by atoms with van der Waals surface area (Å²) in [7, 11) is 0. The van der Waals surface area contributed by atoms with Crippen LogP contribution < -0.4 is 0 Å². The molecule has 13 heavy (non-hydrogen) atoms. The smallest absolute Gasteiger partial charge is 0.155 e. The molecule has 0 aromatic heterocycles. The lowest BCUT2D eigenvalue weighted by Gasteiger charge is -2.03. The van der Waals surface area contributed by atoms with E-state index < -0.39 is 0 Å². The molecule has 0 N–H and O–H groups in total. The second-order valence-electron chi connectivity index (χ2n) is 3.26. The van der Waals surface area contributed by atoms with Crippen LogP contribution in [-0.4, -0.2) is 5.78 Å². The molecule has 0 bridgehead atoms. The predicted octanol–water partition coefficient (Wildman–Crippen LogP) is 3.43. The summed E-state index contributed by atoms with van der Waals surface area (Å²) in [5.74, 6) is 0.126. The van der Waals surface area contributed by atoms with Gasteiger partial charge in [-0.3, -0.25) is 4.79 Å². The lowest BCUT2D eigenvalue weighted by atomic mass is 10.0. The molecule has 0 aliphatic carbocycles. The van der Waals surface area contributed by atoms with Crippen LogP contribution in [-0.2, 0) is 4.79 Å². The molecule has 0 atom stereocenters. The van der Waals surface area contributed by atoms with Gasteiger partial charge in [0.05, 0.1) is 0 Å². The van der Waals surface area contributed by atoms with Gasteiger partial charge in [0.2, 0.25) is 0 Å². The van der Waals surface area contributed by atoms with Crippen molar-refractivity contribution in [2.24, 2.45) is 0 Å². The Labute approximate surface area is 80.8 Å². The predicted molar refractivity (Wildman–Crippen MR) is 57.6 cm³/mol. The Hall–Kier alpha value is -1.11. The highest BCUT2D eigenvalue weighted by Crippen LogP contribution is 2.13. The van der Waals surface area contributed by atoms with Gasteiger partial charge in [-0.25, -0.2) is 0 Å². The van der Waals surface area contributed by atoms with E-state index >= 15 is 0 Å². The van der Waals surface area contributed by atoms with Crippen LogP contribution in [0.5, 0.6) is 0 Å². The van der Waals surface area contributed by atoms with Gasteiger partial charge in [-0.1, -0.05) is 30.9 Å². The molecule has 0 rings (SSSR count). The van der Waals surface area contributed by atoms with Crippen LogP contribution in [0.4, 0.5) is 0 Å². The van der Waals surface area contributed by atoms with E-state index in [1.807, 2.05) is 6.92 Å². The Balaban J connectivity index is 3.46. The highest BCUT2D eigenvalue weighted by atomic mass is 16.1. The molecular weight excluding hydrogens is 160 g/mol. The number of ketones is 1. The number of allylic oxidation sites excluding steroid dienone is 3. The van der Waals surface area contributed by atoms with Gasteiger partial charge in [-0.2, -0.15) is 0 Å². The van der Waals surface area contributed by atoms with E-state index in [2.05, 4.69) is 19.7 Å². The van der Waals surface area contributed by atoms with Gasteiger partial charge >= 0.3 is 0 Å². The summed E-state index contributed by atoms with van der Waals surface area (Å²) >= 11 is 0. The maximum atomic E-state index is 10.8. The molecule has 0 saturated carbocycles. The van der Waals surface area contributed by atoms with Crippen molar-refractivity contribution in [3.05, 3.63) is 37.0 Å². The SMILES string of the molecule is C=CC(=O)CCCCC(=C)C(=C)C. The molecule has 0 aliphatic heterocycles. The van der Waals surface area contributed by atoms with Crippen LogP contribution in [0, 0.1) is 0 Å². The fraction of sp³-hybridized carbons (Fsp3) is 0.417. The minimum absolute atomic E-state index is 0.126. The first kappa shape index (κ1) is 11.9. The molecule has 0 aromatic carbocycles. The van der Waals surface area contributed by atoms with Crippen LogP contribution >= 0.6 is 0 Å². The van der Waals surface area contributed by atoms with Crippen molar-refractivity contribution in [3.8, 4) is 0 Å². The first-order valence-corrected chi connectivity index (χ1v) is 4.57. The van der Waals surface area contributed by atoms with Gasteiger partial charge in [0.25, 0.3) is 0 Å². The van der Waals surface area contributed by atoms with E-state index in [-0.39, 0.29) is 5.78 Å². The van der Waals surface area contributed by atoms with E-state index in [1.165, 1.54) is 6.08 Å². The van der Waals surface area contributed by atoms with E-state index in [0.29, 0.717) is 6.42 Å². The fourth-order valence-corrected chi connectivity index (χ4v) is 0.953. The standard InChI is InChI=1S/C12H18O/c1-5-12(13)9-7-6-8-11(4)10(2)3/h5H,1-2,4,6-9H2,3H3. The number of carbonyl (C=O) groups excluding carboxylic acids is 1. The van der Waals surface area contributed by atoms with Crippen molar-refractivity contribution in [2.75, 3.05) is 0 Å². The highest BCUT2D eigenvalue weighted by Gasteiger charge is 1.97. The van der Waals surface area contributed by atoms with Crippen molar-refractivity contribution in [3.63, 3.8) is 0 Å². The van der Waals surface area contributed by atoms with Gasteiger partial charge < -0.3 is 0 Å². The fourth-order valence-electron chi connectivity index (χ4n) is 0.953. The molecule has 0 fully saturated rings. The van der Waals surface area contributed by atoms with Crippen LogP contribution in [0.3, 0.4) is 0 Å². The first-order valence-electron chi connectivity index (χ1n) is 4.57. The van der Waals surface area contributed by atoms with E-state index in [9.17, 15) is 4.79 Å². The molecule has 0 unspecified atom stereocenters. The van der Waals surface area contributed by atoms with Gasteiger partial charge in [-0.15, -0.1) is 0 Å². The topological polar surface area (TPSA) is 17.1 Å². The van der Waals surface area contributed by atoms with Crippen molar-refractivity contribution >= 4 is 5.78 Å². The summed E-state index contributed by atoms with van der Waals surface area (Å²) < 4.78 is 0. The maximum Gasteiger partial charge on any atom is 0.155 e. The Bertz CT molecular complexity index is 223. The first-order chi connectivity index (χ1) is 6.07. The summed E-state index contributed by atoms with van der Waals surface area (Å²) in [6.07, 6.45) is 4.85. The second-order valence-corrected chi connectivity index (χ2v) is 3.26. The van der Waals surface area contributed by atoms with E-state index in [0.717, 1.165) is 30.4 Å². The molecule has 0 radical (unpaired) electrons. The number of unbranched alkanes of at least 4 members (excludes halogenated alkanes) is 1. The van der Waals surface area contributed by atoms with Crippen LogP contribution in [0.2, 0.25) is 0 Å². The molecule has 0 aliphatic rings. The summed E-state index contributed by atoms with van der Waals surface area (Å²) in [5, 5.41) is 0. The molecule has 0 heterocycles. The normalized spacial score (nSPS) is 9.31. The lowest BCUT2D eigenvalue weighted by molar-refractivity contribution is -0.114. The zero-order valence-electron chi connectivity index (χ0n) is 8.44. The second kappa shape index (κ2) is 6.41. The molecule has 1 heteroatoms. The van der Waals surface area contributed by atoms with E-state index in [1.54, 1.807) is 0 Å². The third kappa shape index (κ3) is 6.09. The maximum absolute atomic E-state index is 10.8. The summed E-state index contributed by atoms with van der Waals surface area (Å²) in [6.45, 7) is 13.1. The zero-order chi connectivity index (χ0) is 10.3. The number of hydrogen-bond donors (Lipinski definition) is 0. The Morgan fingerprint density at radius 2 is 1.77 bits per heavy atom. The van der Waals surface area contributed by atoms with Crippen molar-refractivity contribution in [1.29, 1.82) is 0 Å². The number of hydrogen-bond acceptors (Lipinski definition) is 1. The van der Waals surface area contributed by atoms with Gasteiger partial charge in [0.15, 0.2) is 5.78 Å². The third-order valence-corrected chi connectivity index (χ3v) is 1.98. The van der Waals surface area contributed by atoms with Crippen LogP contribution in [0.25, 0.3) is 0 Å². The monoisotopic (exact) mass is 178 g/mol. The van der Waals surface area contributed by atoms with E-state index in [4.69, 9.17) is 0 Å². The molecule has 0 saturated heterocycles. The minimum Gasteiger partial charge on any atom is -0.295 e. The third-order valence-electron chi connectivity index (χ3n) is 1.98. The van der Waals surface area contributed by atoms with Gasteiger partial charge in [0, 0.05) is 6.42 Å². The zero-order valence-corrected chi connectivity index (χ0v) is 8.44. The summed E-state index contributed by atoms with van der Waals surface area (Å²) in [5.41, 5.74) is 2.13. The molecule has 0 spiro atoms. The van der Waals surface area contributed by atoms with Crippen molar-refractivity contribution in [2.45, 2.75) is 32.6 Å². The Morgan fingerprint density at radius 3 is 2.23 bits per heavy atom. The van der Waals surface area contributed by atoms with Gasteiger partial charge in [0.1, 0.15) is 0 Å². The largest absolute Gasteiger partial charge is 0.295 e.